The molecule has 0 atom stereocenters. The first-order valence-electron chi connectivity index (χ1n) is 7.20. The van der Waals surface area contributed by atoms with E-state index in [2.05, 4.69) is 56.1 Å². The first kappa shape index (κ1) is 14.4. The van der Waals surface area contributed by atoms with Crippen LogP contribution in [0, 0.1) is 6.92 Å². The summed E-state index contributed by atoms with van der Waals surface area (Å²) in [5.41, 5.74) is 4.12. The first-order valence-corrected chi connectivity index (χ1v) is 7.20. The molecule has 0 spiro atoms. The molecule has 3 nitrogen and oxygen atoms in total. The van der Waals surface area contributed by atoms with Crippen LogP contribution >= 0.6 is 0 Å². The van der Waals surface area contributed by atoms with Crippen LogP contribution in [0.1, 0.15) is 31.9 Å². The van der Waals surface area contributed by atoms with Gasteiger partial charge in [-0.1, -0.05) is 24.6 Å². The fourth-order valence-electron chi connectivity index (χ4n) is 2.68. The summed E-state index contributed by atoms with van der Waals surface area (Å²) in [6, 6.07) is 6.76. The Hall–Kier alpha value is -1.06. The van der Waals surface area contributed by atoms with Crippen LogP contribution in [-0.2, 0) is 11.3 Å². The maximum absolute atomic E-state index is 5.62. The number of nitrogens with one attached hydrogen (secondary N) is 1. The Bertz CT molecular complexity index is 429. The lowest BCUT2D eigenvalue weighted by Gasteiger charge is -2.44. The lowest BCUT2D eigenvalue weighted by molar-refractivity contribution is 0.0643. The molecule has 19 heavy (non-hydrogen) atoms. The van der Waals surface area contributed by atoms with E-state index in [1.165, 1.54) is 16.8 Å². The highest BCUT2D eigenvalue weighted by Crippen LogP contribution is 2.30. The van der Waals surface area contributed by atoms with E-state index in [-0.39, 0.29) is 5.54 Å². The van der Waals surface area contributed by atoms with Crippen molar-refractivity contribution in [2.75, 3.05) is 31.2 Å². The van der Waals surface area contributed by atoms with Crippen LogP contribution in [0.4, 0.5) is 5.69 Å². The molecule has 1 N–H and O–H groups in total. The van der Waals surface area contributed by atoms with Crippen molar-refractivity contribution in [3.8, 4) is 0 Å². The molecule has 1 fully saturated rings. The quantitative estimate of drug-likeness (QED) is 0.903. The summed E-state index contributed by atoms with van der Waals surface area (Å²) in [5.74, 6) is 0. The molecule has 0 bridgehead atoms. The zero-order chi connectivity index (χ0) is 13.9. The molecular formula is C16H26N2O. The topological polar surface area (TPSA) is 24.5 Å². The Morgan fingerprint density at radius 3 is 2.84 bits per heavy atom. The highest BCUT2D eigenvalue weighted by Gasteiger charge is 2.31. The van der Waals surface area contributed by atoms with Gasteiger partial charge in [0.1, 0.15) is 0 Å². The minimum Gasteiger partial charge on any atom is -0.377 e. The van der Waals surface area contributed by atoms with Gasteiger partial charge >= 0.3 is 0 Å². The van der Waals surface area contributed by atoms with Crippen molar-refractivity contribution in [1.82, 2.24) is 5.32 Å². The van der Waals surface area contributed by atoms with Crippen molar-refractivity contribution in [2.24, 2.45) is 0 Å². The Kier molecular flexibility index (Phi) is 4.48. The summed E-state index contributed by atoms with van der Waals surface area (Å²) in [6.07, 6.45) is 0. The second kappa shape index (κ2) is 5.93. The van der Waals surface area contributed by atoms with Crippen LogP contribution in [0.5, 0.6) is 0 Å². The van der Waals surface area contributed by atoms with Gasteiger partial charge in [0.25, 0.3) is 0 Å². The molecule has 0 amide bonds. The lowest BCUT2D eigenvalue weighted by Crippen LogP contribution is -2.53. The van der Waals surface area contributed by atoms with Crippen molar-refractivity contribution >= 4 is 5.69 Å². The number of ether oxygens (including phenoxy) is 1. The van der Waals surface area contributed by atoms with E-state index in [4.69, 9.17) is 4.74 Å². The fraction of sp³-hybridized carbons (Fsp3) is 0.625. The summed E-state index contributed by atoms with van der Waals surface area (Å²) in [6.45, 7) is 13.3. The third-order valence-corrected chi connectivity index (χ3v) is 3.74. The van der Waals surface area contributed by atoms with Crippen LogP contribution in [-0.4, -0.2) is 31.8 Å². The van der Waals surface area contributed by atoms with E-state index in [9.17, 15) is 0 Å². The SMILES string of the molecule is CCNCc1cc(C)ccc1N1CCOCC1(C)C. The van der Waals surface area contributed by atoms with Crippen LogP contribution in [0.15, 0.2) is 18.2 Å². The van der Waals surface area contributed by atoms with Gasteiger partial charge in [0.05, 0.1) is 18.8 Å². The molecule has 1 aliphatic heterocycles. The van der Waals surface area contributed by atoms with Crippen molar-refractivity contribution in [3.63, 3.8) is 0 Å². The molecule has 0 aliphatic carbocycles. The van der Waals surface area contributed by atoms with E-state index in [0.29, 0.717) is 0 Å². The number of aryl methyl sites for hydroxylation is 1. The Labute approximate surface area is 116 Å². The third-order valence-electron chi connectivity index (χ3n) is 3.74. The average molecular weight is 262 g/mol. The molecule has 1 aromatic rings. The number of rotatable bonds is 4. The Balaban J connectivity index is 2.31. The minimum absolute atomic E-state index is 0.0640. The monoisotopic (exact) mass is 262 g/mol. The maximum Gasteiger partial charge on any atom is 0.0694 e. The van der Waals surface area contributed by atoms with E-state index in [0.717, 1.165) is 32.8 Å². The van der Waals surface area contributed by atoms with Crippen LogP contribution in [0.2, 0.25) is 0 Å². The van der Waals surface area contributed by atoms with Crippen LogP contribution in [0.3, 0.4) is 0 Å². The van der Waals surface area contributed by atoms with Crippen LogP contribution in [0.25, 0.3) is 0 Å². The van der Waals surface area contributed by atoms with Gasteiger partial charge in [-0.05, 0) is 38.9 Å². The number of anilines is 1. The predicted octanol–water partition coefficient (Wildman–Crippen LogP) is 2.72. The highest BCUT2D eigenvalue weighted by molar-refractivity contribution is 5.57. The number of morpholine rings is 1. The van der Waals surface area contributed by atoms with Gasteiger partial charge in [-0.15, -0.1) is 0 Å². The van der Waals surface area contributed by atoms with E-state index in [1.807, 2.05) is 0 Å². The van der Waals surface area contributed by atoms with Gasteiger partial charge in [-0.25, -0.2) is 0 Å². The molecule has 3 heteroatoms. The summed E-state index contributed by atoms with van der Waals surface area (Å²) >= 11 is 0. The second-order valence-corrected chi connectivity index (χ2v) is 5.93. The van der Waals surface area contributed by atoms with Gasteiger partial charge in [0, 0.05) is 18.8 Å². The van der Waals surface area contributed by atoms with Gasteiger partial charge in [-0.3, -0.25) is 0 Å². The van der Waals surface area contributed by atoms with E-state index in [1.54, 1.807) is 0 Å². The summed E-state index contributed by atoms with van der Waals surface area (Å²) in [5, 5.41) is 3.44. The molecule has 0 radical (unpaired) electrons. The highest BCUT2D eigenvalue weighted by atomic mass is 16.5. The summed E-state index contributed by atoms with van der Waals surface area (Å²) < 4.78 is 5.62. The van der Waals surface area contributed by atoms with E-state index < -0.39 is 0 Å². The van der Waals surface area contributed by atoms with Gasteiger partial charge < -0.3 is 15.0 Å². The molecule has 1 heterocycles. The first-order chi connectivity index (χ1) is 9.04. The number of hydrogen-bond acceptors (Lipinski definition) is 3. The van der Waals surface area contributed by atoms with Crippen LogP contribution < -0.4 is 10.2 Å². The molecule has 2 rings (SSSR count). The molecular weight excluding hydrogens is 236 g/mol. The standard InChI is InChI=1S/C16H26N2O/c1-5-17-11-14-10-13(2)6-7-15(14)18-8-9-19-12-16(18,3)4/h6-7,10,17H,5,8-9,11-12H2,1-4H3. The Morgan fingerprint density at radius 2 is 2.16 bits per heavy atom. The number of nitrogens with zero attached hydrogens (tertiary/aromatic N) is 1. The average Bonchev–Trinajstić information content (AvgIpc) is 2.37. The van der Waals surface area contributed by atoms with Gasteiger partial charge in [-0.2, -0.15) is 0 Å². The smallest absolute Gasteiger partial charge is 0.0694 e. The number of hydrogen-bond donors (Lipinski definition) is 1. The summed E-state index contributed by atoms with van der Waals surface area (Å²) in [7, 11) is 0. The van der Waals surface area contributed by atoms with E-state index >= 15 is 0 Å². The molecule has 106 valence electrons. The van der Waals surface area contributed by atoms with Crippen molar-refractivity contribution < 1.29 is 4.74 Å². The molecule has 1 aliphatic rings. The van der Waals surface area contributed by atoms with Crippen molar-refractivity contribution in [2.45, 2.75) is 39.8 Å². The summed E-state index contributed by atoms with van der Waals surface area (Å²) in [4.78, 5) is 2.49. The molecule has 0 aromatic heterocycles. The second-order valence-electron chi connectivity index (χ2n) is 5.93. The fourth-order valence-corrected chi connectivity index (χ4v) is 2.68. The molecule has 0 saturated carbocycles. The van der Waals surface area contributed by atoms with Gasteiger partial charge in [0.15, 0.2) is 0 Å². The van der Waals surface area contributed by atoms with Gasteiger partial charge in [0.2, 0.25) is 0 Å². The maximum atomic E-state index is 5.62. The zero-order valence-corrected chi connectivity index (χ0v) is 12.6. The molecule has 1 aromatic carbocycles. The molecule has 0 unspecified atom stereocenters. The normalized spacial score (nSPS) is 18.6. The molecule has 1 saturated heterocycles. The van der Waals surface area contributed by atoms with Crippen molar-refractivity contribution in [3.05, 3.63) is 29.3 Å². The third kappa shape index (κ3) is 3.28. The largest absolute Gasteiger partial charge is 0.377 e. The lowest BCUT2D eigenvalue weighted by atomic mass is 9.98. The predicted molar refractivity (Wildman–Crippen MR) is 80.8 cm³/mol. The Morgan fingerprint density at radius 1 is 1.37 bits per heavy atom. The zero-order valence-electron chi connectivity index (χ0n) is 12.6. The minimum atomic E-state index is 0.0640. The van der Waals surface area contributed by atoms with Crippen molar-refractivity contribution in [1.29, 1.82) is 0 Å². The number of benzene rings is 1.